The molecule has 0 saturated heterocycles. The second-order valence-electron chi connectivity index (χ2n) is 4.44. The molecule has 3 nitrogen and oxygen atoms in total. The fourth-order valence-electron chi connectivity index (χ4n) is 2.49. The number of hydrogen-bond acceptors (Lipinski definition) is 3. The summed E-state index contributed by atoms with van der Waals surface area (Å²) in [4.78, 5) is 11.5. The van der Waals surface area contributed by atoms with Crippen LogP contribution in [0.15, 0.2) is 24.3 Å². The molecule has 0 spiro atoms. The Morgan fingerprint density at radius 1 is 1.67 bits per heavy atom. The van der Waals surface area contributed by atoms with Gasteiger partial charge in [0.15, 0.2) is 5.78 Å². The van der Waals surface area contributed by atoms with Gasteiger partial charge >= 0.3 is 0 Å². The fourth-order valence-corrected chi connectivity index (χ4v) is 2.49. The zero-order valence-corrected chi connectivity index (χ0v) is 8.99. The van der Waals surface area contributed by atoms with Crippen LogP contribution in [0.2, 0.25) is 0 Å². The lowest BCUT2D eigenvalue weighted by atomic mass is 9.81. The van der Waals surface area contributed by atoms with Crippen molar-refractivity contribution in [1.29, 1.82) is 0 Å². The number of ketones is 1. The lowest BCUT2D eigenvalue weighted by Gasteiger charge is -2.26. The van der Waals surface area contributed by atoms with Crippen LogP contribution in [-0.4, -0.2) is 26.3 Å². The van der Waals surface area contributed by atoms with E-state index in [4.69, 9.17) is 9.47 Å². The van der Waals surface area contributed by atoms with Crippen LogP contribution < -0.4 is 0 Å². The molecule has 1 fully saturated rings. The van der Waals surface area contributed by atoms with E-state index in [1.807, 2.05) is 6.08 Å². The number of carbonyl (C=O) groups is 1. The maximum Gasteiger partial charge on any atom is 0.162 e. The lowest BCUT2D eigenvalue weighted by Crippen LogP contribution is -2.26. The van der Waals surface area contributed by atoms with Crippen molar-refractivity contribution in [1.82, 2.24) is 0 Å². The van der Waals surface area contributed by atoms with Crippen molar-refractivity contribution in [2.75, 3.05) is 20.5 Å². The molecular weight excluding hydrogens is 192 g/mol. The summed E-state index contributed by atoms with van der Waals surface area (Å²) in [5, 5.41) is 0. The van der Waals surface area contributed by atoms with Gasteiger partial charge in [-0.3, -0.25) is 4.79 Å². The molecule has 0 aliphatic heterocycles. The summed E-state index contributed by atoms with van der Waals surface area (Å²) < 4.78 is 10.2. The summed E-state index contributed by atoms with van der Waals surface area (Å²) >= 11 is 0. The maximum absolute atomic E-state index is 11.5. The number of carbonyl (C=O) groups excluding carboxylic acids is 1. The number of rotatable bonds is 4. The fraction of sp³-hybridized carbons (Fsp3) is 0.583. The monoisotopic (exact) mass is 208 g/mol. The Labute approximate surface area is 89.8 Å². The van der Waals surface area contributed by atoms with Gasteiger partial charge in [-0.15, -0.1) is 0 Å². The second kappa shape index (κ2) is 3.91. The summed E-state index contributed by atoms with van der Waals surface area (Å²) in [7, 11) is 1.61. The van der Waals surface area contributed by atoms with Gasteiger partial charge in [0.1, 0.15) is 6.79 Å². The largest absolute Gasteiger partial charge is 0.359 e. The lowest BCUT2D eigenvalue weighted by molar-refractivity contribution is -0.118. The minimum Gasteiger partial charge on any atom is -0.359 e. The van der Waals surface area contributed by atoms with E-state index in [9.17, 15) is 4.79 Å². The average molecular weight is 208 g/mol. The van der Waals surface area contributed by atoms with Crippen LogP contribution in [0.4, 0.5) is 0 Å². The summed E-state index contributed by atoms with van der Waals surface area (Å²) in [5.41, 5.74) is 1.04. The van der Waals surface area contributed by atoms with Crippen molar-refractivity contribution in [2.24, 2.45) is 11.3 Å². The Kier molecular flexibility index (Phi) is 2.76. The quantitative estimate of drug-likeness (QED) is 0.401. The van der Waals surface area contributed by atoms with Crippen molar-refractivity contribution < 1.29 is 14.3 Å². The first kappa shape index (κ1) is 10.6. The zero-order chi connectivity index (χ0) is 10.9. The highest BCUT2D eigenvalue weighted by atomic mass is 16.7. The predicted molar refractivity (Wildman–Crippen MR) is 56.3 cm³/mol. The van der Waals surface area contributed by atoms with Crippen LogP contribution in [0.25, 0.3) is 0 Å². The van der Waals surface area contributed by atoms with Crippen molar-refractivity contribution in [3.63, 3.8) is 0 Å². The van der Waals surface area contributed by atoms with Crippen molar-refractivity contribution in [2.45, 2.75) is 12.8 Å². The van der Waals surface area contributed by atoms with Crippen LogP contribution in [0, 0.1) is 11.3 Å². The molecule has 0 aromatic heterocycles. The number of ether oxygens (including phenoxy) is 2. The zero-order valence-electron chi connectivity index (χ0n) is 8.99. The first-order chi connectivity index (χ1) is 7.17. The molecular formula is C12H16O3. The normalized spacial score (nSPS) is 33.8. The van der Waals surface area contributed by atoms with Crippen molar-refractivity contribution in [3.05, 3.63) is 24.3 Å². The van der Waals surface area contributed by atoms with E-state index >= 15 is 0 Å². The van der Waals surface area contributed by atoms with Gasteiger partial charge in [-0.1, -0.05) is 18.2 Å². The van der Waals surface area contributed by atoms with Crippen LogP contribution in [0.1, 0.15) is 12.8 Å². The SMILES string of the molecule is C=C1C[C@@]2(COCOC)C=CC(=O)[C@@H]1C2. The Bertz CT molecular complexity index is 319. The van der Waals surface area contributed by atoms with Gasteiger partial charge in [0.05, 0.1) is 6.61 Å². The van der Waals surface area contributed by atoms with Crippen LogP contribution in [0.5, 0.6) is 0 Å². The molecule has 0 heterocycles. The van der Waals surface area contributed by atoms with Crippen molar-refractivity contribution in [3.8, 4) is 0 Å². The van der Waals surface area contributed by atoms with E-state index in [1.165, 1.54) is 0 Å². The third-order valence-corrected chi connectivity index (χ3v) is 3.22. The summed E-state index contributed by atoms with van der Waals surface area (Å²) in [6.45, 7) is 4.89. The number of hydrogen-bond donors (Lipinski definition) is 0. The molecule has 0 radical (unpaired) electrons. The predicted octanol–water partition coefficient (Wildman–Crippen LogP) is 1.70. The Hall–Kier alpha value is -0.930. The van der Waals surface area contributed by atoms with E-state index in [0.717, 1.165) is 18.4 Å². The smallest absolute Gasteiger partial charge is 0.162 e. The van der Waals surface area contributed by atoms with Gasteiger partial charge < -0.3 is 9.47 Å². The molecule has 2 atom stereocenters. The minimum absolute atomic E-state index is 0.00576. The van der Waals surface area contributed by atoms with Gasteiger partial charge in [-0.25, -0.2) is 0 Å². The van der Waals surface area contributed by atoms with E-state index in [1.54, 1.807) is 13.2 Å². The third-order valence-electron chi connectivity index (χ3n) is 3.22. The molecule has 2 aliphatic carbocycles. The molecule has 82 valence electrons. The molecule has 1 saturated carbocycles. The molecule has 2 aliphatic rings. The molecule has 0 unspecified atom stereocenters. The highest BCUT2D eigenvalue weighted by Crippen LogP contribution is 2.49. The molecule has 0 aromatic rings. The van der Waals surface area contributed by atoms with Crippen LogP contribution in [0.3, 0.4) is 0 Å². The first-order valence-electron chi connectivity index (χ1n) is 5.14. The topological polar surface area (TPSA) is 35.5 Å². The van der Waals surface area contributed by atoms with Gasteiger partial charge in [0.25, 0.3) is 0 Å². The highest BCUT2D eigenvalue weighted by Gasteiger charge is 2.45. The molecule has 0 aromatic carbocycles. The Morgan fingerprint density at radius 2 is 2.47 bits per heavy atom. The van der Waals surface area contributed by atoms with Gasteiger partial charge in [-0.2, -0.15) is 0 Å². The van der Waals surface area contributed by atoms with E-state index in [0.29, 0.717) is 13.4 Å². The van der Waals surface area contributed by atoms with E-state index < -0.39 is 0 Å². The maximum atomic E-state index is 11.5. The Morgan fingerprint density at radius 3 is 3.20 bits per heavy atom. The summed E-state index contributed by atoms with van der Waals surface area (Å²) in [5.74, 6) is 0.223. The first-order valence-corrected chi connectivity index (χ1v) is 5.14. The van der Waals surface area contributed by atoms with E-state index in [-0.39, 0.29) is 17.1 Å². The van der Waals surface area contributed by atoms with E-state index in [2.05, 4.69) is 6.58 Å². The standard InChI is InChI=1S/C12H16O3/c1-9-5-12(7-15-8-14-2)4-3-11(13)10(9)6-12/h3-4,10H,1,5-8H2,2H3/t10-,12+/m1/s1. The highest BCUT2D eigenvalue weighted by molar-refractivity contribution is 5.95. The third kappa shape index (κ3) is 1.90. The van der Waals surface area contributed by atoms with Gasteiger partial charge in [0.2, 0.25) is 0 Å². The summed E-state index contributed by atoms with van der Waals surface area (Å²) in [6.07, 6.45) is 5.39. The number of methoxy groups -OCH3 is 1. The minimum atomic E-state index is -0.00576. The van der Waals surface area contributed by atoms with Crippen molar-refractivity contribution >= 4 is 5.78 Å². The van der Waals surface area contributed by atoms with Crippen LogP contribution >= 0.6 is 0 Å². The Balaban J connectivity index is 2.06. The van der Waals surface area contributed by atoms with Gasteiger partial charge in [-0.05, 0) is 18.9 Å². The molecule has 0 N–H and O–H groups in total. The van der Waals surface area contributed by atoms with Crippen LogP contribution in [-0.2, 0) is 14.3 Å². The molecule has 2 rings (SSSR count). The molecule has 0 amide bonds. The molecule has 15 heavy (non-hydrogen) atoms. The molecule has 2 bridgehead atoms. The number of allylic oxidation sites excluding steroid dienone is 2. The molecule has 3 heteroatoms. The van der Waals surface area contributed by atoms with Gasteiger partial charge in [0, 0.05) is 18.4 Å². The second-order valence-corrected chi connectivity index (χ2v) is 4.44. The number of fused-ring (bicyclic) bond motifs is 2. The summed E-state index contributed by atoms with van der Waals surface area (Å²) in [6, 6.07) is 0. The average Bonchev–Trinajstić information content (AvgIpc) is 2.48.